The van der Waals surface area contributed by atoms with E-state index in [1.54, 1.807) is 97.1 Å². The Kier molecular flexibility index (Phi) is 12.8. The van der Waals surface area contributed by atoms with Crippen LogP contribution >= 0.6 is 0 Å². The smallest absolute Gasteiger partial charge is 0.376 e. The number of ketones is 2. The average molecular weight is 703 g/mol. The van der Waals surface area contributed by atoms with Crippen LogP contribution in [0.4, 0.5) is 9.59 Å². The number of carbonyl (C=O) groups is 6. The summed E-state index contributed by atoms with van der Waals surface area (Å²) < 4.78 is 10.5. The van der Waals surface area contributed by atoms with Crippen molar-refractivity contribution in [1.82, 2.24) is 9.80 Å². The fourth-order valence-electron chi connectivity index (χ4n) is 6.00. The lowest BCUT2D eigenvalue weighted by Gasteiger charge is -2.33. The predicted octanol–water partition coefficient (Wildman–Crippen LogP) is 7.63. The summed E-state index contributed by atoms with van der Waals surface area (Å²) in [6, 6.07) is 31.7. The van der Waals surface area contributed by atoms with E-state index >= 15 is 0 Å². The molecule has 1 saturated carbocycles. The summed E-state index contributed by atoms with van der Waals surface area (Å²) in [6.45, 7) is 4.74. The molecule has 0 aliphatic heterocycles. The molecule has 0 spiro atoms. The van der Waals surface area contributed by atoms with Crippen molar-refractivity contribution in [3.63, 3.8) is 0 Å². The van der Waals surface area contributed by atoms with Crippen LogP contribution in [0, 0.1) is 11.8 Å². The van der Waals surface area contributed by atoms with Gasteiger partial charge in [0.25, 0.3) is 0 Å². The lowest BCUT2D eigenvalue weighted by atomic mass is 9.74. The molecule has 1 fully saturated rings. The molecule has 10 nitrogen and oxygen atoms in total. The standard InChI is InChI=1S/C42H42N2O8/c1-3-25-43(27-29-15-19-33(20-16-29)37(45)31-11-7-5-8-12-31)41(49)51-39(47)35-23-24-36(35)40(48)52-42(50)44(26-4-2)28-30-17-21-34(22-18-30)38(46)32-13-9-6-10-14-32/h5-22,35-36H,3-4,23-28H2,1-2H3. The molecule has 268 valence electrons. The third-order valence-corrected chi connectivity index (χ3v) is 9.01. The highest BCUT2D eigenvalue weighted by molar-refractivity contribution is 6.09. The van der Waals surface area contributed by atoms with Crippen molar-refractivity contribution >= 4 is 35.7 Å². The van der Waals surface area contributed by atoms with Gasteiger partial charge in [0, 0.05) is 48.4 Å². The molecule has 1 aliphatic rings. The van der Waals surface area contributed by atoms with E-state index in [4.69, 9.17) is 9.47 Å². The summed E-state index contributed by atoms with van der Waals surface area (Å²) in [6.07, 6.45) is 0.181. The van der Waals surface area contributed by atoms with Crippen LogP contribution in [0.5, 0.6) is 0 Å². The van der Waals surface area contributed by atoms with Gasteiger partial charge in [-0.2, -0.15) is 0 Å². The Morgan fingerprint density at radius 2 is 0.827 bits per heavy atom. The Morgan fingerprint density at radius 1 is 0.500 bits per heavy atom. The predicted molar refractivity (Wildman–Crippen MR) is 193 cm³/mol. The highest BCUT2D eigenvalue weighted by atomic mass is 16.6. The number of ether oxygens (including phenoxy) is 2. The zero-order chi connectivity index (χ0) is 37.0. The highest BCUT2D eigenvalue weighted by Crippen LogP contribution is 2.36. The van der Waals surface area contributed by atoms with Gasteiger partial charge >= 0.3 is 24.1 Å². The van der Waals surface area contributed by atoms with Gasteiger partial charge in [0.1, 0.15) is 0 Å². The topological polar surface area (TPSA) is 127 Å². The van der Waals surface area contributed by atoms with E-state index in [-0.39, 0.29) is 24.7 Å². The first-order valence-electron chi connectivity index (χ1n) is 17.6. The van der Waals surface area contributed by atoms with Crippen LogP contribution in [0.2, 0.25) is 0 Å². The normalized spacial score (nSPS) is 14.7. The first-order chi connectivity index (χ1) is 25.2. The molecule has 5 rings (SSSR count). The number of hydrogen-bond acceptors (Lipinski definition) is 8. The van der Waals surface area contributed by atoms with Crippen LogP contribution in [0.1, 0.15) is 82.5 Å². The molecule has 0 saturated heterocycles. The molecule has 0 N–H and O–H groups in total. The van der Waals surface area contributed by atoms with E-state index in [1.807, 2.05) is 26.0 Å². The van der Waals surface area contributed by atoms with E-state index in [0.29, 0.717) is 61.0 Å². The summed E-state index contributed by atoms with van der Waals surface area (Å²) >= 11 is 0. The Hall–Kier alpha value is -5.90. The lowest BCUT2D eigenvalue weighted by Crippen LogP contribution is -2.44. The van der Waals surface area contributed by atoms with Crippen LogP contribution < -0.4 is 0 Å². The summed E-state index contributed by atoms with van der Waals surface area (Å²) in [4.78, 5) is 80.7. The van der Waals surface area contributed by atoms with Crippen LogP contribution in [0.3, 0.4) is 0 Å². The molecule has 0 heterocycles. The second kappa shape index (κ2) is 17.8. The number of esters is 2. The highest BCUT2D eigenvalue weighted by Gasteiger charge is 2.45. The van der Waals surface area contributed by atoms with E-state index < -0.39 is 36.0 Å². The van der Waals surface area contributed by atoms with Gasteiger partial charge in [0.05, 0.1) is 11.8 Å². The van der Waals surface area contributed by atoms with Crippen molar-refractivity contribution in [2.45, 2.75) is 52.6 Å². The fourth-order valence-corrected chi connectivity index (χ4v) is 6.00. The van der Waals surface area contributed by atoms with Gasteiger partial charge < -0.3 is 19.3 Å². The number of amides is 2. The number of carbonyl (C=O) groups excluding carboxylic acids is 6. The van der Waals surface area contributed by atoms with Gasteiger partial charge in [0.2, 0.25) is 0 Å². The van der Waals surface area contributed by atoms with Gasteiger partial charge in [-0.3, -0.25) is 19.2 Å². The molecule has 0 aromatic heterocycles. The summed E-state index contributed by atoms with van der Waals surface area (Å²) in [5.74, 6) is -3.73. The molecule has 10 heteroatoms. The molecule has 1 aliphatic carbocycles. The number of benzene rings is 4. The molecule has 2 atom stereocenters. The van der Waals surface area contributed by atoms with Crippen molar-refractivity contribution in [2.24, 2.45) is 11.8 Å². The molecule has 52 heavy (non-hydrogen) atoms. The van der Waals surface area contributed by atoms with Gasteiger partial charge in [-0.25, -0.2) is 9.59 Å². The maximum Gasteiger partial charge on any atom is 0.417 e. The number of rotatable bonds is 14. The number of hydrogen-bond donors (Lipinski definition) is 0. The minimum Gasteiger partial charge on any atom is -0.376 e. The van der Waals surface area contributed by atoms with Crippen molar-refractivity contribution in [1.29, 1.82) is 0 Å². The van der Waals surface area contributed by atoms with Gasteiger partial charge in [-0.05, 0) is 36.8 Å². The van der Waals surface area contributed by atoms with Crippen molar-refractivity contribution in [2.75, 3.05) is 13.1 Å². The van der Waals surface area contributed by atoms with Crippen molar-refractivity contribution in [3.05, 3.63) is 143 Å². The third-order valence-electron chi connectivity index (χ3n) is 9.01. The largest absolute Gasteiger partial charge is 0.417 e. The monoisotopic (exact) mass is 702 g/mol. The van der Waals surface area contributed by atoms with E-state index in [2.05, 4.69) is 0 Å². The summed E-state index contributed by atoms with van der Waals surface area (Å²) in [7, 11) is 0. The SMILES string of the molecule is CCCN(Cc1ccc(C(=O)c2ccccc2)cc1)C(=O)OC(=O)C1CCC1C(=O)OC(=O)N(CCC)Cc1ccc(C(=O)c2ccccc2)cc1. The molecular formula is C42H42N2O8. The minimum absolute atomic E-state index is 0.112. The Bertz CT molecular complexity index is 1740. The zero-order valence-electron chi connectivity index (χ0n) is 29.4. The molecular weight excluding hydrogens is 660 g/mol. The zero-order valence-corrected chi connectivity index (χ0v) is 29.4. The second-order valence-corrected chi connectivity index (χ2v) is 12.8. The Labute approximate surface area is 303 Å². The molecule has 2 amide bonds. The molecule has 0 bridgehead atoms. The Balaban J connectivity index is 1.13. The first kappa shape index (κ1) is 37.4. The van der Waals surface area contributed by atoms with Gasteiger partial charge in [0.15, 0.2) is 11.6 Å². The number of nitrogens with zero attached hydrogens (tertiary/aromatic N) is 2. The first-order valence-corrected chi connectivity index (χ1v) is 17.6. The Morgan fingerprint density at radius 3 is 1.13 bits per heavy atom. The quantitative estimate of drug-likeness (QED) is 0.0746. The minimum atomic E-state index is -0.912. The van der Waals surface area contributed by atoms with E-state index in [1.165, 1.54) is 9.80 Å². The maximum absolute atomic E-state index is 13.1. The van der Waals surface area contributed by atoms with Crippen molar-refractivity contribution < 1.29 is 38.2 Å². The summed E-state index contributed by atoms with van der Waals surface area (Å²) in [5.41, 5.74) is 3.68. The second-order valence-electron chi connectivity index (χ2n) is 12.8. The van der Waals surface area contributed by atoms with Crippen LogP contribution in [-0.4, -0.2) is 58.6 Å². The fraction of sp³-hybridized carbons (Fsp3) is 0.286. The maximum atomic E-state index is 13.1. The molecule has 0 radical (unpaired) electrons. The van der Waals surface area contributed by atoms with Gasteiger partial charge in [-0.1, -0.05) is 123 Å². The van der Waals surface area contributed by atoms with Crippen LogP contribution in [-0.2, 0) is 32.2 Å². The molecule has 2 unspecified atom stereocenters. The van der Waals surface area contributed by atoms with E-state index in [0.717, 1.165) is 11.1 Å². The van der Waals surface area contributed by atoms with Crippen molar-refractivity contribution in [3.8, 4) is 0 Å². The molecule has 4 aromatic carbocycles. The third kappa shape index (κ3) is 9.45. The van der Waals surface area contributed by atoms with Gasteiger partial charge in [-0.15, -0.1) is 0 Å². The lowest BCUT2D eigenvalue weighted by molar-refractivity contribution is -0.161. The van der Waals surface area contributed by atoms with Crippen LogP contribution in [0.15, 0.2) is 109 Å². The van der Waals surface area contributed by atoms with E-state index in [9.17, 15) is 28.8 Å². The molecule has 4 aromatic rings. The summed E-state index contributed by atoms with van der Waals surface area (Å²) in [5, 5.41) is 0. The average Bonchev–Trinajstić information content (AvgIpc) is 3.14. The van der Waals surface area contributed by atoms with Crippen LogP contribution in [0.25, 0.3) is 0 Å².